The normalized spacial score (nSPS) is 18.1. The number of nitrogens with one attached hydrogen (secondary N) is 3. The van der Waals surface area contributed by atoms with Gasteiger partial charge in [-0.1, -0.05) is 0 Å². The van der Waals surface area contributed by atoms with Gasteiger partial charge >= 0.3 is 12.2 Å². The molecule has 1 saturated carbocycles. The summed E-state index contributed by atoms with van der Waals surface area (Å²) in [6, 6.07) is 2.59. The van der Waals surface area contributed by atoms with Gasteiger partial charge in [0.15, 0.2) is 17.0 Å². The lowest BCUT2D eigenvalue weighted by Crippen LogP contribution is -2.42. The van der Waals surface area contributed by atoms with Gasteiger partial charge in [-0.25, -0.2) is 14.3 Å². The molecule has 2 fully saturated rings. The van der Waals surface area contributed by atoms with Crippen LogP contribution in [0.25, 0.3) is 11.2 Å². The molecule has 4 N–H and O–H groups in total. The molecule has 2 amide bonds. The van der Waals surface area contributed by atoms with Gasteiger partial charge in [-0.2, -0.15) is 23.1 Å². The van der Waals surface area contributed by atoms with E-state index < -0.39 is 29.8 Å². The van der Waals surface area contributed by atoms with E-state index in [2.05, 4.69) is 30.9 Å². The monoisotopic (exact) mass is 518 g/mol. The van der Waals surface area contributed by atoms with Gasteiger partial charge in [-0.3, -0.25) is 4.79 Å². The minimum atomic E-state index is -4.71. The Morgan fingerprint density at radius 3 is 2.59 bits per heavy atom. The molecular weight excluding hydrogens is 493 g/mol. The van der Waals surface area contributed by atoms with Crippen molar-refractivity contribution in [3.05, 3.63) is 35.7 Å². The predicted molar refractivity (Wildman–Crippen MR) is 128 cm³/mol. The maximum Gasteiger partial charge on any atom is 0.416 e. The number of β-amino-alcohol motifs (C(OH)–C–C–N with tert-alkyl or cyclic N) is 1. The molecule has 0 spiro atoms. The van der Waals surface area contributed by atoms with Crippen LogP contribution >= 0.6 is 0 Å². The van der Waals surface area contributed by atoms with Crippen molar-refractivity contribution >= 4 is 40.6 Å². The number of carbonyl (C=O) groups is 2. The summed E-state index contributed by atoms with van der Waals surface area (Å²) in [5.74, 6) is -0.449. The predicted octanol–water partition coefficient (Wildman–Crippen LogP) is 2.95. The molecule has 1 atom stereocenters. The van der Waals surface area contributed by atoms with E-state index in [1.807, 2.05) is 0 Å². The Morgan fingerprint density at radius 2 is 1.92 bits per heavy atom. The molecule has 1 unspecified atom stereocenters. The number of imidazole rings is 1. The number of alkyl halides is 3. The molecule has 37 heavy (non-hydrogen) atoms. The molecule has 0 radical (unpaired) electrons. The standard InChI is InChI=1S/C23H25F3N8O3/c1-27-18-17-19(34(11-28-17)22(37)30-14-4-5-14)32-21(31-18)29-15-8-12(7-13(9-15)23(24,25)26)20(36)33-6-2-3-16(35)10-33/h7-9,11,14,16,35H,2-6,10H2,1H3,(H,30,37)(H2,27,29,31,32). The average molecular weight is 519 g/mol. The number of aliphatic hydroxyl groups is 1. The third kappa shape index (κ3) is 5.28. The molecule has 3 heterocycles. The van der Waals surface area contributed by atoms with Crippen molar-refractivity contribution in [1.82, 2.24) is 29.7 Å². The number of benzene rings is 1. The zero-order valence-electron chi connectivity index (χ0n) is 19.8. The Labute approximate surface area is 209 Å². The number of aliphatic hydroxyl groups excluding tert-OH is 1. The van der Waals surface area contributed by atoms with E-state index in [0.717, 1.165) is 25.0 Å². The van der Waals surface area contributed by atoms with Crippen LogP contribution in [-0.2, 0) is 6.18 Å². The first kappa shape index (κ1) is 24.7. The van der Waals surface area contributed by atoms with Crippen LogP contribution < -0.4 is 16.0 Å². The summed E-state index contributed by atoms with van der Waals surface area (Å²) in [5, 5.41) is 18.3. The van der Waals surface area contributed by atoms with Crippen molar-refractivity contribution < 1.29 is 27.9 Å². The quantitative estimate of drug-likeness (QED) is 0.405. The lowest BCUT2D eigenvalue weighted by molar-refractivity contribution is -0.137. The second kappa shape index (κ2) is 9.50. The summed E-state index contributed by atoms with van der Waals surface area (Å²) < 4.78 is 42.3. The number of rotatable bonds is 5. The number of halogens is 3. The summed E-state index contributed by atoms with van der Waals surface area (Å²) in [7, 11) is 1.59. The number of fused-ring (bicyclic) bond motifs is 1. The van der Waals surface area contributed by atoms with Crippen LogP contribution in [0.2, 0.25) is 0 Å². The largest absolute Gasteiger partial charge is 0.416 e. The summed E-state index contributed by atoms with van der Waals surface area (Å²) in [5.41, 5.74) is -0.809. The molecule has 11 nitrogen and oxygen atoms in total. The highest BCUT2D eigenvalue weighted by Crippen LogP contribution is 2.33. The fourth-order valence-corrected chi connectivity index (χ4v) is 4.19. The van der Waals surface area contributed by atoms with Crippen molar-refractivity contribution in [2.24, 2.45) is 0 Å². The Kier molecular flexibility index (Phi) is 6.35. The van der Waals surface area contributed by atoms with E-state index in [1.165, 1.54) is 21.9 Å². The van der Waals surface area contributed by atoms with E-state index >= 15 is 0 Å². The smallest absolute Gasteiger partial charge is 0.391 e. The van der Waals surface area contributed by atoms with Crippen molar-refractivity contribution in [3.63, 3.8) is 0 Å². The van der Waals surface area contributed by atoms with Crippen LogP contribution in [0.5, 0.6) is 0 Å². The van der Waals surface area contributed by atoms with Gasteiger partial charge in [0.25, 0.3) is 5.91 Å². The molecule has 3 aromatic rings. The average Bonchev–Trinajstić information content (AvgIpc) is 3.57. The van der Waals surface area contributed by atoms with E-state index in [-0.39, 0.29) is 41.3 Å². The zero-order chi connectivity index (χ0) is 26.3. The van der Waals surface area contributed by atoms with E-state index in [4.69, 9.17) is 0 Å². The van der Waals surface area contributed by atoms with Crippen LogP contribution in [0.1, 0.15) is 41.6 Å². The molecule has 2 aliphatic rings. The number of nitrogens with zero attached hydrogens (tertiary/aromatic N) is 5. The first-order chi connectivity index (χ1) is 17.6. The number of anilines is 3. The van der Waals surface area contributed by atoms with Gasteiger partial charge in [0.05, 0.1) is 11.7 Å². The molecule has 1 aromatic carbocycles. The van der Waals surface area contributed by atoms with Gasteiger partial charge in [0.2, 0.25) is 5.95 Å². The number of carbonyl (C=O) groups excluding carboxylic acids is 2. The maximum absolute atomic E-state index is 13.7. The molecular formula is C23H25F3N8O3. The van der Waals surface area contributed by atoms with Crippen LogP contribution in [0.3, 0.4) is 0 Å². The van der Waals surface area contributed by atoms with Gasteiger partial charge in [-0.15, -0.1) is 0 Å². The minimum absolute atomic E-state index is 0.0516. The number of hydrogen-bond donors (Lipinski definition) is 4. The topological polar surface area (TPSA) is 137 Å². The van der Waals surface area contributed by atoms with Gasteiger partial charge in [-0.05, 0) is 43.9 Å². The van der Waals surface area contributed by atoms with Gasteiger partial charge in [0, 0.05) is 37.4 Å². The summed E-state index contributed by atoms with van der Waals surface area (Å²) in [6.07, 6.45) is -1.28. The summed E-state index contributed by atoms with van der Waals surface area (Å²) in [6.45, 7) is 0.392. The van der Waals surface area contributed by atoms with Gasteiger partial charge in [0.1, 0.15) is 6.33 Å². The second-order valence-corrected chi connectivity index (χ2v) is 9.13. The molecule has 0 bridgehead atoms. The van der Waals surface area contributed by atoms with Crippen LogP contribution in [-0.4, -0.2) is 73.7 Å². The van der Waals surface area contributed by atoms with E-state index in [9.17, 15) is 27.9 Å². The van der Waals surface area contributed by atoms with Crippen molar-refractivity contribution in [2.75, 3.05) is 30.8 Å². The third-order valence-corrected chi connectivity index (χ3v) is 6.20. The van der Waals surface area contributed by atoms with Crippen molar-refractivity contribution in [1.29, 1.82) is 0 Å². The van der Waals surface area contributed by atoms with E-state index in [1.54, 1.807) is 7.05 Å². The van der Waals surface area contributed by atoms with Crippen LogP contribution in [0.15, 0.2) is 24.5 Å². The molecule has 1 aliphatic heterocycles. The lowest BCUT2D eigenvalue weighted by Gasteiger charge is -2.30. The molecule has 14 heteroatoms. The first-order valence-electron chi connectivity index (χ1n) is 11.8. The molecule has 1 aliphatic carbocycles. The first-order valence-corrected chi connectivity index (χ1v) is 11.8. The zero-order valence-corrected chi connectivity index (χ0v) is 19.8. The third-order valence-electron chi connectivity index (χ3n) is 6.20. The lowest BCUT2D eigenvalue weighted by atomic mass is 10.0. The maximum atomic E-state index is 13.7. The number of aromatic nitrogens is 4. The molecule has 2 aromatic heterocycles. The summed E-state index contributed by atoms with van der Waals surface area (Å²) >= 11 is 0. The second-order valence-electron chi connectivity index (χ2n) is 9.13. The van der Waals surface area contributed by atoms with Crippen molar-refractivity contribution in [2.45, 2.75) is 44.0 Å². The number of amides is 2. The van der Waals surface area contributed by atoms with Gasteiger partial charge < -0.3 is 26.0 Å². The number of piperidine rings is 1. The Balaban J connectivity index is 1.50. The Morgan fingerprint density at radius 1 is 1.14 bits per heavy atom. The minimum Gasteiger partial charge on any atom is -0.391 e. The fraction of sp³-hybridized carbons (Fsp3) is 0.435. The van der Waals surface area contributed by atoms with E-state index in [0.29, 0.717) is 24.9 Å². The molecule has 1 saturated heterocycles. The SMILES string of the molecule is CNc1nc(Nc2cc(C(=O)N3CCCC(O)C3)cc(C(F)(F)F)c2)nc2c1ncn2C(=O)NC1CC1. The van der Waals surface area contributed by atoms with Crippen LogP contribution in [0, 0.1) is 0 Å². The fourth-order valence-electron chi connectivity index (χ4n) is 4.19. The Hall–Kier alpha value is -3.94. The Bertz CT molecular complexity index is 1350. The summed E-state index contributed by atoms with van der Waals surface area (Å²) in [4.78, 5) is 39.8. The number of hydrogen-bond acceptors (Lipinski definition) is 8. The van der Waals surface area contributed by atoms with Crippen LogP contribution in [0.4, 0.5) is 35.4 Å². The highest BCUT2D eigenvalue weighted by molar-refractivity contribution is 5.96. The highest BCUT2D eigenvalue weighted by Gasteiger charge is 2.33. The molecule has 5 rings (SSSR count). The highest BCUT2D eigenvalue weighted by atomic mass is 19.4. The van der Waals surface area contributed by atoms with Crippen molar-refractivity contribution in [3.8, 4) is 0 Å². The number of likely N-dealkylation sites (tertiary alicyclic amines) is 1. The molecule has 196 valence electrons.